The second-order valence-corrected chi connectivity index (χ2v) is 8.95. The Morgan fingerprint density at radius 1 is 1.21 bits per heavy atom. The van der Waals surface area contributed by atoms with Gasteiger partial charge in [-0.05, 0) is 65.7 Å². The van der Waals surface area contributed by atoms with Crippen LogP contribution in [0.15, 0.2) is 67.2 Å². The van der Waals surface area contributed by atoms with E-state index in [1.54, 1.807) is 30.5 Å². The quantitative estimate of drug-likeness (QED) is 0.264. The number of fused-ring (bicyclic) bond motifs is 4. The molecule has 192 valence electrons. The summed E-state index contributed by atoms with van der Waals surface area (Å²) in [6.45, 7) is 0. The molecule has 12 heteroatoms. The van der Waals surface area contributed by atoms with Crippen molar-refractivity contribution >= 4 is 35.2 Å². The fraction of sp³-hybridized carbons (Fsp3) is 0.154. The van der Waals surface area contributed by atoms with Gasteiger partial charge in [0.05, 0.1) is 29.3 Å². The molecule has 1 aliphatic heterocycles. The van der Waals surface area contributed by atoms with Gasteiger partial charge in [0.25, 0.3) is 0 Å². The molecule has 0 saturated carbocycles. The molecule has 3 heterocycles. The number of carbonyl (C=O) groups excluding carboxylic acids is 2. The zero-order valence-electron chi connectivity index (χ0n) is 19.9. The van der Waals surface area contributed by atoms with Gasteiger partial charge in [0.15, 0.2) is 0 Å². The van der Waals surface area contributed by atoms with Gasteiger partial charge in [-0.25, -0.2) is 9.37 Å². The van der Waals surface area contributed by atoms with Crippen molar-refractivity contribution in [3.05, 3.63) is 89.4 Å². The molecule has 0 fully saturated rings. The summed E-state index contributed by atoms with van der Waals surface area (Å²) in [5.41, 5.74) is 2.74. The van der Waals surface area contributed by atoms with Crippen molar-refractivity contribution in [3.63, 3.8) is 0 Å². The number of amides is 2. The molecule has 1 atom stereocenters. The average Bonchev–Trinajstić information content (AvgIpc) is 3.60. The van der Waals surface area contributed by atoms with Gasteiger partial charge in [-0.1, -0.05) is 23.8 Å². The van der Waals surface area contributed by atoms with E-state index in [0.29, 0.717) is 51.9 Å². The summed E-state index contributed by atoms with van der Waals surface area (Å²) in [4.78, 5) is 32.9. The van der Waals surface area contributed by atoms with Gasteiger partial charge in [0.2, 0.25) is 11.8 Å². The van der Waals surface area contributed by atoms with E-state index in [2.05, 4.69) is 36.1 Å². The lowest BCUT2D eigenvalue weighted by Crippen LogP contribution is -2.27. The summed E-state index contributed by atoms with van der Waals surface area (Å²) in [7, 11) is 0. The Labute approximate surface area is 221 Å². The van der Waals surface area contributed by atoms with Crippen LogP contribution in [0.4, 0.5) is 10.1 Å². The van der Waals surface area contributed by atoms with Gasteiger partial charge in [0, 0.05) is 28.6 Å². The third-order valence-electron chi connectivity index (χ3n) is 5.86. The van der Waals surface area contributed by atoms with E-state index in [4.69, 9.17) is 11.6 Å². The fourth-order valence-electron chi connectivity index (χ4n) is 4.04. The molecule has 2 amide bonds. The lowest BCUT2D eigenvalue weighted by Gasteiger charge is -2.14. The fourth-order valence-corrected chi connectivity index (χ4v) is 4.22. The highest BCUT2D eigenvalue weighted by Crippen LogP contribution is 2.30. The zero-order valence-corrected chi connectivity index (χ0v) is 20.7. The minimum atomic E-state index is -0.503. The molecule has 2 aromatic heterocycles. The first-order valence-corrected chi connectivity index (χ1v) is 12.2. The summed E-state index contributed by atoms with van der Waals surface area (Å²) in [5.74, 6) is -0.503. The lowest BCUT2D eigenvalue weighted by molar-refractivity contribution is -0.117. The number of hydrogen-bond acceptors (Lipinski definition) is 6. The molecule has 1 aliphatic rings. The smallest absolute Gasteiger partial charge is 0.244 e. The largest absolute Gasteiger partial charge is 0.342 e. The normalized spacial score (nSPS) is 15.7. The van der Waals surface area contributed by atoms with Crippen molar-refractivity contribution in [1.82, 2.24) is 35.5 Å². The van der Waals surface area contributed by atoms with Gasteiger partial charge in [-0.15, -0.1) is 5.10 Å². The molecule has 0 saturated heterocycles. The first kappa shape index (κ1) is 25.0. The Morgan fingerprint density at radius 3 is 2.95 bits per heavy atom. The molecule has 2 aromatic carbocycles. The van der Waals surface area contributed by atoms with Gasteiger partial charge in [-0.3, -0.25) is 9.59 Å². The van der Waals surface area contributed by atoms with Crippen LogP contribution in [0.5, 0.6) is 0 Å². The van der Waals surface area contributed by atoms with Crippen LogP contribution in [-0.4, -0.2) is 42.0 Å². The molecule has 0 unspecified atom stereocenters. The van der Waals surface area contributed by atoms with Crippen molar-refractivity contribution in [3.8, 4) is 16.9 Å². The van der Waals surface area contributed by atoms with Crippen LogP contribution < -0.4 is 10.6 Å². The van der Waals surface area contributed by atoms with Crippen molar-refractivity contribution < 1.29 is 14.0 Å². The minimum absolute atomic E-state index is 0.182. The standard InChI is InChI=1S/C26H22ClFN8O2/c27-17-7-10-23(36-15-30-34-35-36)16(12-17)6-11-25(38)32-21-4-2-1-3-5-24(37)31-20-9-8-18(28)13-19(20)22-14-29-26(21)33-22/h1-2,6-15,21H,3-5H2,(H,29,33)(H,31,37)(H,32,38)/b2-1?,11-6+/t21-/m0/s1. The molecule has 2 bridgehead atoms. The van der Waals surface area contributed by atoms with Gasteiger partial charge in [-0.2, -0.15) is 4.68 Å². The van der Waals surface area contributed by atoms with Crippen molar-refractivity contribution in [2.75, 3.05) is 5.32 Å². The number of hydrogen-bond donors (Lipinski definition) is 3. The van der Waals surface area contributed by atoms with Crippen LogP contribution in [0.25, 0.3) is 23.0 Å². The number of rotatable bonds is 4. The molecule has 0 aliphatic carbocycles. The molecule has 0 radical (unpaired) electrons. The minimum Gasteiger partial charge on any atom is -0.342 e. The van der Waals surface area contributed by atoms with E-state index in [0.717, 1.165) is 0 Å². The Balaban J connectivity index is 1.41. The van der Waals surface area contributed by atoms with Crippen LogP contribution in [0, 0.1) is 5.82 Å². The molecular formula is C26H22ClFN8O2. The Bertz CT molecular complexity index is 1530. The summed E-state index contributed by atoms with van der Waals surface area (Å²) in [6.07, 6.45) is 11.0. The van der Waals surface area contributed by atoms with E-state index in [-0.39, 0.29) is 18.2 Å². The number of aromatic nitrogens is 6. The highest BCUT2D eigenvalue weighted by Gasteiger charge is 2.19. The first-order chi connectivity index (χ1) is 18.5. The molecule has 38 heavy (non-hydrogen) atoms. The molecular weight excluding hydrogens is 511 g/mol. The number of benzene rings is 2. The Kier molecular flexibility index (Phi) is 7.36. The third kappa shape index (κ3) is 5.84. The summed E-state index contributed by atoms with van der Waals surface area (Å²) >= 11 is 6.16. The van der Waals surface area contributed by atoms with E-state index in [9.17, 15) is 14.0 Å². The second-order valence-electron chi connectivity index (χ2n) is 8.52. The zero-order chi connectivity index (χ0) is 26.5. The van der Waals surface area contributed by atoms with Gasteiger partial charge < -0.3 is 15.6 Å². The van der Waals surface area contributed by atoms with E-state index in [1.165, 1.54) is 35.3 Å². The van der Waals surface area contributed by atoms with E-state index < -0.39 is 11.9 Å². The van der Waals surface area contributed by atoms with Gasteiger partial charge >= 0.3 is 0 Å². The SMILES string of the molecule is O=C(/C=C/c1cc(Cl)ccc1-n1cnnn1)N[C@H]1CC=CCCC(=O)Nc2ccc(F)cc2-c2cnc1[nH]2. The molecule has 4 aromatic rings. The predicted octanol–water partition coefficient (Wildman–Crippen LogP) is 4.39. The number of H-pyrrole nitrogens is 1. The number of nitrogens with zero attached hydrogens (tertiary/aromatic N) is 5. The number of allylic oxidation sites excluding steroid dienone is 1. The summed E-state index contributed by atoms with van der Waals surface area (Å²) in [6, 6.07) is 8.79. The van der Waals surface area contributed by atoms with E-state index in [1.807, 2.05) is 12.2 Å². The number of anilines is 1. The first-order valence-electron chi connectivity index (χ1n) is 11.8. The summed E-state index contributed by atoms with van der Waals surface area (Å²) < 4.78 is 15.5. The van der Waals surface area contributed by atoms with Crippen molar-refractivity contribution in [2.24, 2.45) is 0 Å². The topological polar surface area (TPSA) is 130 Å². The van der Waals surface area contributed by atoms with Crippen LogP contribution in [0.3, 0.4) is 0 Å². The molecule has 3 N–H and O–H groups in total. The highest BCUT2D eigenvalue weighted by molar-refractivity contribution is 6.30. The van der Waals surface area contributed by atoms with E-state index >= 15 is 0 Å². The third-order valence-corrected chi connectivity index (χ3v) is 6.10. The lowest BCUT2D eigenvalue weighted by atomic mass is 10.1. The maximum Gasteiger partial charge on any atom is 0.244 e. The summed E-state index contributed by atoms with van der Waals surface area (Å²) in [5, 5.41) is 17.5. The van der Waals surface area contributed by atoms with Crippen LogP contribution in [0.1, 0.15) is 36.7 Å². The number of halogens is 2. The number of nitrogens with one attached hydrogen (secondary N) is 3. The maximum atomic E-state index is 14.1. The van der Waals surface area contributed by atoms with Crippen LogP contribution >= 0.6 is 11.6 Å². The van der Waals surface area contributed by atoms with Crippen LogP contribution in [0.2, 0.25) is 5.02 Å². The highest BCUT2D eigenvalue weighted by atomic mass is 35.5. The van der Waals surface area contributed by atoms with Crippen molar-refractivity contribution in [2.45, 2.75) is 25.3 Å². The monoisotopic (exact) mass is 532 g/mol. The number of tetrazole rings is 1. The Morgan fingerprint density at radius 2 is 2.11 bits per heavy atom. The number of carbonyl (C=O) groups is 2. The molecule has 10 nitrogen and oxygen atoms in total. The van der Waals surface area contributed by atoms with Crippen molar-refractivity contribution in [1.29, 1.82) is 0 Å². The number of imidazole rings is 1. The average molecular weight is 533 g/mol. The molecule has 5 rings (SSSR count). The maximum absolute atomic E-state index is 14.1. The van der Waals surface area contributed by atoms with Crippen LogP contribution in [-0.2, 0) is 9.59 Å². The van der Waals surface area contributed by atoms with Gasteiger partial charge in [0.1, 0.15) is 18.0 Å². The number of aromatic amines is 1. The molecule has 0 spiro atoms. The Hall–Kier alpha value is -4.64. The second kappa shape index (κ2) is 11.2. The predicted molar refractivity (Wildman–Crippen MR) is 140 cm³/mol.